The number of piperidine rings is 1. The molecular formula is C17H28N2O2S. The normalized spacial score (nSPS) is 22.6. The van der Waals surface area contributed by atoms with Gasteiger partial charge in [0.25, 0.3) is 0 Å². The molecule has 1 aromatic heterocycles. The van der Waals surface area contributed by atoms with E-state index < -0.39 is 5.60 Å². The standard InChI is InChI=1S/C17H28N2O2S/c1-16(2,3)21-15(20)19-8-5-7-17(4,13-19)12-18-10-14-6-9-22-11-14/h6,9,11,18H,5,7-8,10,12-13H2,1-4H3. The van der Waals surface area contributed by atoms with Crippen LogP contribution in [0, 0.1) is 5.41 Å². The van der Waals surface area contributed by atoms with Gasteiger partial charge in [-0.05, 0) is 61.4 Å². The van der Waals surface area contributed by atoms with Gasteiger partial charge < -0.3 is 15.0 Å². The average molecular weight is 324 g/mol. The van der Waals surface area contributed by atoms with Crippen LogP contribution in [0.25, 0.3) is 0 Å². The highest BCUT2D eigenvalue weighted by atomic mass is 32.1. The number of hydrogen-bond donors (Lipinski definition) is 1. The van der Waals surface area contributed by atoms with Gasteiger partial charge in [-0.25, -0.2) is 4.79 Å². The number of hydrogen-bond acceptors (Lipinski definition) is 4. The number of likely N-dealkylation sites (tertiary alicyclic amines) is 1. The number of rotatable bonds is 4. The first-order valence-corrected chi connectivity index (χ1v) is 8.91. The van der Waals surface area contributed by atoms with Gasteiger partial charge in [-0.15, -0.1) is 0 Å². The Morgan fingerprint density at radius 1 is 1.50 bits per heavy atom. The van der Waals surface area contributed by atoms with E-state index in [1.165, 1.54) is 5.56 Å². The first-order valence-electron chi connectivity index (χ1n) is 7.97. The number of ether oxygens (including phenoxy) is 1. The predicted octanol–water partition coefficient (Wildman–Crippen LogP) is 3.87. The molecule has 0 saturated carbocycles. The molecule has 2 rings (SSSR count). The molecule has 1 fully saturated rings. The maximum absolute atomic E-state index is 12.2. The van der Waals surface area contributed by atoms with Gasteiger partial charge in [-0.3, -0.25) is 0 Å². The second kappa shape index (κ2) is 7.01. The molecule has 5 heteroatoms. The molecule has 1 aromatic rings. The zero-order chi connectivity index (χ0) is 16.2. The van der Waals surface area contributed by atoms with Crippen molar-refractivity contribution < 1.29 is 9.53 Å². The molecule has 0 aliphatic carbocycles. The smallest absolute Gasteiger partial charge is 0.410 e. The molecule has 1 aliphatic heterocycles. The Kier molecular flexibility index (Phi) is 5.50. The Hall–Kier alpha value is -1.07. The molecule has 1 unspecified atom stereocenters. The molecule has 1 amide bonds. The third-order valence-electron chi connectivity index (χ3n) is 3.89. The second-order valence-electron chi connectivity index (χ2n) is 7.55. The van der Waals surface area contributed by atoms with Crippen LogP contribution in [-0.2, 0) is 11.3 Å². The van der Waals surface area contributed by atoms with E-state index in [0.717, 1.165) is 39.0 Å². The summed E-state index contributed by atoms with van der Waals surface area (Å²) >= 11 is 1.72. The maximum Gasteiger partial charge on any atom is 0.410 e. The molecular weight excluding hydrogens is 296 g/mol. The van der Waals surface area contributed by atoms with Crippen molar-refractivity contribution in [3.8, 4) is 0 Å². The lowest BCUT2D eigenvalue weighted by molar-refractivity contribution is 0.00675. The zero-order valence-electron chi connectivity index (χ0n) is 14.1. The van der Waals surface area contributed by atoms with Gasteiger partial charge in [0.15, 0.2) is 0 Å². The molecule has 1 aliphatic rings. The third kappa shape index (κ3) is 5.29. The number of carbonyl (C=O) groups excluding carboxylic acids is 1. The van der Waals surface area contributed by atoms with Gasteiger partial charge >= 0.3 is 6.09 Å². The lowest BCUT2D eigenvalue weighted by Gasteiger charge is -2.41. The molecule has 22 heavy (non-hydrogen) atoms. The molecule has 1 N–H and O–H groups in total. The summed E-state index contributed by atoms with van der Waals surface area (Å²) in [4.78, 5) is 14.1. The van der Waals surface area contributed by atoms with Crippen LogP contribution in [0.3, 0.4) is 0 Å². The summed E-state index contributed by atoms with van der Waals surface area (Å²) < 4.78 is 5.50. The molecule has 4 nitrogen and oxygen atoms in total. The lowest BCUT2D eigenvalue weighted by atomic mass is 9.82. The van der Waals surface area contributed by atoms with Crippen molar-refractivity contribution in [3.05, 3.63) is 22.4 Å². The third-order valence-corrected chi connectivity index (χ3v) is 4.63. The summed E-state index contributed by atoms with van der Waals surface area (Å²) in [7, 11) is 0. The van der Waals surface area contributed by atoms with Crippen molar-refractivity contribution in [1.29, 1.82) is 0 Å². The SMILES string of the molecule is CC1(CNCc2ccsc2)CCCN(C(=O)OC(C)(C)C)C1. The van der Waals surface area contributed by atoms with E-state index >= 15 is 0 Å². The summed E-state index contributed by atoms with van der Waals surface area (Å²) in [5.41, 5.74) is 1.02. The van der Waals surface area contributed by atoms with Gasteiger partial charge in [0.2, 0.25) is 0 Å². The molecule has 0 radical (unpaired) electrons. The van der Waals surface area contributed by atoms with Gasteiger partial charge in [-0.2, -0.15) is 11.3 Å². The molecule has 1 saturated heterocycles. The maximum atomic E-state index is 12.2. The molecule has 2 heterocycles. The van der Waals surface area contributed by atoms with Crippen LogP contribution in [0.15, 0.2) is 16.8 Å². The highest BCUT2D eigenvalue weighted by Crippen LogP contribution is 2.29. The minimum absolute atomic E-state index is 0.116. The van der Waals surface area contributed by atoms with E-state index in [1.807, 2.05) is 25.7 Å². The molecule has 124 valence electrons. The van der Waals surface area contributed by atoms with Crippen LogP contribution < -0.4 is 5.32 Å². The largest absolute Gasteiger partial charge is 0.444 e. The fourth-order valence-corrected chi connectivity index (χ4v) is 3.51. The summed E-state index contributed by atoms with van der Waals surface area (Å²) in [5.74, 6) is 0. The van der Waals surface area contributed by atoms with Crippen molar-refractivity contribution >= 4 is 17.4 Å². The van der Waals surface area contributed by atoms with E-state index in [4.69, 9.17) is 4.74 Å². The minimum atomic E-state index is -0.428. The monoisotopic (exact) mass is 324 g/mol. The van der Waals surface area contributed by atoms with Gasteiger partial charge in [0, 0.05) is 26.2 Å². The highest BCUT2D eigenvalue weighted by molar-refractivity contribution is 7.07. The quantitative estimate of drug-likeness (QED) is 0.914. The number of thiophene rings is 1. The number of carbonyl (C=O) groups is 1. The Bertz CT molecular complexity index is 481. The Morgan fingerprint density at radius 2 is 2.27 bits per heavy atom. The summed E-state index contributed by atoms with van der Waals surface area (Å²) in [5, 5.41) is 7.80. The Morgan fingerprint density at radius 3 is 2.91 bits per heavy atom. The summed E-state index contributed by atoms with van der Waals surface area (Å²) in [6.45, 7) is 11.4. The summed E-state index contributed by atoms with van der Waals surface area (Å²) in [6, 6.07) is 2.15. The lowest BCUT2D eigenvalue weighted by Crippen LogP contribution is -2.50. The Labute approximate surface area is 137 Å². The first-order chi connectivity index (χ1) is 10.3. The highest BCUT2D eigenvalue weighted by Gasteiger charge is 2.34. The second-order valence-corrected chi connectivity index (χ2v) is 8.33. The first kappa shape index (κ1) is 17.3. The van der Waals surface area contributed by atoms with Gasteiger partial charge in [-0.1, -0.05) is 6.92 Å². The van der Waals surface area contributed by atoms with Crippen molar-refractivity contribution in [3.63, 3.8) is 0 Å². The van der Waals surface area contributed by atoms with E-state index in [0.29, 0.717) is 0 Å². The van der Waals surface area contributed by atoms with Crippen LogP contribution in [0.1, 0.15) is 46.1 Å². The summed E-state index contributed by atoms with van der Waals surface area (Å²) in [6.07, 6.45) is 2.00. The van der Waals surface area contributed by atoms with E-state index in [9.17, 15) is 4.79 Å². The number of amides is 1. The fourth-order valence-electron chi connectivity index (χ4n) is 2.84. The van der Waals surface area contributed by atoms with Crippen LogP contribution >= 0.6 is 11.3 Å². The van der Waals surface area contributed by atoms with E-state index in [1.54, 1.807) is 11.3 Å². The van der Waals surface area contributed by atoms with Gasteiger partial charge in [0.1, 0.15) is 5.60 Å². The molecule has 0 aromatic carbocycles. The average Bonchev–Trinajstić information content (AvgIpc) is 2.90. The van der Waals surface area contributed by atoms with Crippen LogP contribution in [0.5, 0.6) is 0 Å². The minimum Gasteiger partial charge on any atom is -0.444 e. The molecule has 0 spiro atoms. The molecule has 1 atom stereocenters. The number of nitrogens with one attached hydrogen (secondary N) is 1. The van der Waals surface area contributed by atoms with E-state index in [-0.39, 0.29) is 11.5 Å². The predicted molar refractivity (Wildman–Crippen MR) is 91.2 cm³/mol. The Balaban J connectivity index is 1.84. The topological polar surface area (TPSA) is 41.6 Å². The fraction of sp³-hybridized carbons (Fsp3) is 0.706. The van der Waals surface area contributed by atoms with Crippen molar-refractivity contribution in [2.24, 2.45) is 5.41 Å². The molecule has 0 bridgehead atoms. The van der Waals surface area contributed by atoms with Crippen LogP contribution in [-0.4, -0.2) is 36.2 Å². The van der Waals surface area contributed by atoms with Crippen LogP contribution in [0.4, 0.5) is 4.79 Å². The van der Waals surface area contributed by atoms with Crippen LogP contribution in [0.2, 0.25) is 0 Å². The zero-order valence-corrected chi connectivity index (χ0v) is 15.0. The van der Waals surface area contributed by atoms with Crippen molar-refractivity contribution in [2.75, 3.05) is 19.6 Å². The van der Waals surface area contributed by atoms with Crippen molar-refractivity contribution in [1.82, 2.24) is 10.2 Å². The van der Waals surface area contributed by atoms with Gasteiger partial charge in [0.05, 0.1) is 0 Å². The van der Waals surface area contributed by atoms with E-state index in [2.05, 4.69) is 29.1 Å². The number of nitrogens with zero attached hydrogens (tertiary/aromatic N) is 1. The van der Waals surface area contributed by atoms with Crippen molar-refractivity contribution in [2.45, 2.75) is 52.7 Å².